The van der Waals surface area contributed by atoms with Gasteiger partial charge in [-0.3, -0.25) is 0 Å². The molecule has 1 aromatic carbocycles. The van der Waals surface area contributed by atoms with E-state index < -0.39 is 53.1 Å². The second kappa shape index (κ2) is 5.87. The van der Waals surface area contributed by atoms with Crippen LogP contribution in [0.5, 0.6) is 5.75 Å². The van der Waals surface area contributed by atoms with Gasteiger partial charge < -0.3 is 14.6 Å². The lowest BCUT2D eigenvalue weighted by atomic mass is 9.77. The highest BCUT2D eigenvalue weighted by molar-refractivity contribution is 5.75. The Bertz CT molecular complexity index is 660. The van der Waals surface area contributed by atoms with Crippen molar-refractivity contribution in [1.29, 1.82) is 0 Å². The van der Waals surface area contributed by atoms with Crippen molar-refractivity contribution in [2.24, 2.45) is 5.92 Å². The molecule has 1 aliphatic heterocycles. The zero-order valence-corrected chi connectivity index (χ0v) is 12.9. The van der Waals surface area contributed by atoms with Gasteiger partial charge in [0.15, 0.2) is 23.3 Å². The third kappa shape index (κ3) is 2.60. The Hall–Kier alpha value is -1.90. The number of aliphatic carboxylic acids is 1. The lowest BCUT2D eigenvalue weighted by Gasteiger charge is -2.31. The number of carboxylic acid groups (broad SMARTS) is 1. The van der Waals surface area contributed by atoms with Crippen molar-refractivity contribution < 1.29 is 41.3 Å². The number of rotatable bonds is 3. The number of halogens is 5. The predicted octanol–water partition coefficient (Wildman–Crippen LogP) is 3.50. The van der Waals surface area contributed by atoms with Crippen LogP contribution in [0.4, 0.5) is 22.0 Å². The van der Waals surface area contributed by atoms with Gasteiger partial charge in [-0.25, -0.2) is 9.18 Å². The van der Waals surface area contributed by atoms with Crippen molar-refractivity contribution in [3.05, 3.63) is 29.3 Å². The Kier molecular flexibility index (Phi) is 4.51. The summed E-state index contributed by atoms with van der Waals surface area (Å²) in [5.41, 5.74) is -2.94. The molecular formula is C15H15F5O4. The summed E-state index contributed by atoms with van der Waals surface area (Å²) in [4.78, 5) is 11.4. The smallest absolute Gasteiger partial charge is 0.417 e. The number of ether oxygens (including phenoxy) is 2. The van der Waals surface area contributed by atoms with Crippen LogP contribution in [0.25, 0.3) is 0 Å². The van der Waals surface area contributed by atoms with Crippen molar-refractivity contribution in [1.82, 2.24) is 0 Å². The van der Waals surface area contributed by atoms with Crippen LogP contribution in [-0.4, -0.2) is 36.1 Å². The highest BCUT2D eigenvalue weighted by Crippen LogP contribution is 2.54. The van der Waals surface area contributed by atoms with E-state index in [2.05, 4.69) is 0 Å². The van der Waals surface area contributed by atoms with Gasteiger partial charge in [0.05, 0.1) is 7.11 Å². The van der Waals surface area contributed by atoms with E-state index in [9.17, 15) is 31.9 Å². The number of methoxy groups -OCH3 is 1. The van der Waals surface area contributed by atoms with Crippen molar-refractivity contribution in [3.63, 3.8) is 0 Å². The van der Waals surface area contributed by atoms with E-state index >= 15 is 0 Å². The molecule has 4 unspecified atom stereocenters. The van der Waals surface area contributed by atoms with Crippen LogP contribution in [0.2, 0.25) is 0 Å². The van der Waals surface area contributed by atoms with Crippen LogP contribution < -0.4 is 4.74 Å². The monoisotopic (exact) mass is 354 g/mol. The molecule has 1 N–H and O–H groups in total. The van der Waals surface area contributed by atoms with Gasteiger partial charge in [-0.15, -0.1) is 0 Å². The minimum Gasteiger partial charge on any atom is -0.493 e. The number of hydrogen-bond acceptors (Lipinski definition) is 3. The van der Waals surface area contributed by atoms with Gasteiger partial charge in [-0.05, 0) is 13.0 Å². The lowest BCUT2D eigenvalue weighted by Crippen LogP contribution is -2.47. The van der Waals surface area contributed by atoms with Crippen molar-refractivity contribution in [2.45, 2.75) is 37.6 Å². The van der Waals surface area contributed by atoms with Gasteiger partial charge in [-0.2, -0.15) is 17.6 Å². The molecule has 1 fully saturated rings. The SMILES string of the molecule is COc1c(C2C(C(=O)O)OC(C)(C(F)(F)F)C2C)ccc(F)c1F. The molecule has 24 heavy (non-hydrogen) atoms. The Labute approximate surface area is 134 Å². The Morgan fingerprint density at radius 1 is 1.33 bits per heavy atom. The Morgan fingerprint density at radius 3 is 2.38 bits per heavy atom. The largest absolute Gasteiger partial charge is 0.493 e. The van der Waals surface area contributed by atoms with Gasteiger partial charge in [0.1, 0.15) is 0 Å². The second-order valence-corrected chi connectivity index (χ2v) is 5.78. The third-order valence-electron chi connectivity index (χ3n) is 4.56. The van der Waals surface area contributed by atoms with E-state index in [1.54, 1.807) is 0 Å². The maximum absolute atomic E-state index is 13.9. The molecule has 134 valence electrons. The van der Waals surface area contributed by atoms with Gasteiger partial charge in [0, 0.05) is 17.4 Å². The predicted molar refractivity (Wildman–Crippen MR) is 71.8 cm³/mol. The topological polar surface area (TPSA) is 55.8 Å². The van der Waals surface area contributed by atoms with Gasteiger partial charge in [0.25, 0.3) is 0 Å². The average molecular weight is 354 g/mol. The summed E-state index contributed by atoms with van der Waals surface area (Å²) in [5.74, 6) is -7.67. The van der Waals surface area contributed by atoms with E-state index in [1.807, 2.05) is 0 Å². The first-order valence-electron chi connectivity index (χ1n) is 6.95. The Morgan fingerprint density at radius 2 is 1.92 bits per heavy atom. The molecule has 0 amide bonds. The normalized spacial score (nSPS) is 30.4. The summed E-state index contributed by atoms with van der Waals surface area (Å²) in [6.45, 7) is 1.89. The zero-order chi connectivity index (χ0) is 18.4. The van der Waals surface area contributed by atoms with Crippen LogP contribution >= 0.6 is 0 Å². The molecule has 9 heteroatoms. The average Bonchev–Trinajstić information content (AvgIpc) is 2.75. The first-order chi connectivity index (χ1) is 11.0. The van der Waals surface area contributed by atoms with Gasteiger partial charge in [-0.1, -0.05) is 13.0 Å². The third-order valence-corrected chi connectivity index (χ3v) is 4.56. The molecule has 1 heterocycles. The molecule has 0 radical (unpaired) electrons. The van der Waals surface area contributed by atoms with E-state index in [0.717, 1.165) is 27.0 Å². The summed E-state index contributed by atoms with van der Waals surface area (Å²) in [7, 11) is 1.01. The maximum Gasteiger partial charge on any atom is 0.417 e. The van der Waals surface area contributed by atoms with Crippen LogP contribution in [0.15, 0.2) is 12.1 Å². The van der Waals surface area contributed by atoms with Gasteiger partial charge in [0.2, 0.25) is 5.82 Å². The standard InChI is InChI=1S/C15H15F5O4/c1-6-9(7-4-5-8(16)10(17)11(7)23-3)12(13(21)22)24-14(6,2)15(18,19)20/h4-6,9,12H,1-3H3,(H,21,22). The molecule has 0 aromatic heterocycles. The summed E-state index contributed by atoms with van der Waals surface area (Å²) < 4.78 is 76.9. The molecule has 0 aliphatic carbocycles. The molecule has 1 aromatic rings. The minimum absolute atomic E-state index is 0.190. The first-order valence-corrected chi connectivity index (χ1v) is 6.95. The van der Waals surface area contributed by atoms with Crippen molar-refractivity contribution in [2.75, 3.05) is 7.11 Å². The van der Waals surface area contributed by atoms with Crippen LogP contribution in [0.3, 0.4) is 0 Å². The molecule has 4 atom stereocenters. The summed E-state index contributed by atoms with van der Waals surface area (Å²) in [6.07, 6.45) is -6.73. The summed E-state index contributed by atoms with van der Waals surface area (Å²) in [5, 5.41) is 9.25. The highest BCUT2D eigenvalue weighted by Gasteiger charge is 2.66. The molecule has 1 saturated heterocycles. The lowest BCUT2D eigenvalue weighted by molar-refractivity contribution is -0.273. The zero-order valence-electron chi connectivity index (χ0n) is 12.9. The van der Waals surface area contributed by atoms with E-state index in [-0.39, 0.29) is 5.56 Å². The highest BCUT2D eigenvalue weighted by atomic mass is 19.4. The van der Waals surface area contributed by atoms with Crippen LogP contribution in [0.1, 0.15) is 25.3 Å². The number of alkyl halides is 3. The first kappa shape index (κ1) is 18.4. The van der Waals surface area contributed by atoms with Crippen molar-refractivity contribution >= 4 is 5.97 Å². The quantitative estimate of drug-likeness (QED) is 0.845. The number of hydrogen-bond donors (Lipinski definition) is 1. The number of carbonyl (C=O) groups is 1. The Balaban J connectivity index is 2.64. The van der Waals surface area contributed by atoms with Crippen LogP contribution in [-0.2, 0) is 9.53 Å². The fourth-order valence-corrected chi connectivity index (χ4v) is 3.03. The van der Waals surface area contributed by atoms with E-state index in [4.69, 9.17) is 9.47 Å². The number of benzene rings is 1. The van der Waals surface area contributed by atoms with E-state index in [0.29, 0.717) is 6.07 Å². The summed E-state index contributed by atoms with van der Waals surface area (Å²) >= 11 is 0. The fourth-order valence-electron chi connectivity index (χ4n) is 3.03. The molecule has 0 bridgehead atoms. The molecule has 1 aliphatic rings. The second-order valence-electron chi connectivity index (χ2n) is 5.78. The van der Waals surface area contributed by atoms with Crippen molar-refractivity contribution in [3.8, 4) is 5.75 Å². The fraction of sp³-hybridized carbons (Fsp3) is 0.533. The molecule has 0 saturated carbocycles. The number of carboxylic acids is 1. The molecular weight excluding hydrogens is 339 g/mol. The minimum atomic E-state index is -4.85. The molecule has 0 spiro atoms. The maximum atomic E-state index is 13.9. The van der Waals surface area contributed by atoms with Crippen LogP contribution in [0, 0.1) is 17.6 Å². The molecule has 2 rings (SSSR count). The summed E-state index contributed by atoms with van der Waals surface area (Å²) in [6, 6.07) is 1.72. The van der Waals surface area contributed by atoms with E-state index in [1.165, 1.54) is 0 Å². The van der Waals surface area contributed by atoms with Gasteiger partial charge >= 0.3 is 12.1 Å². The molecule has 4 nitrogen and oxygen atoms in total.